The molecule has 0 nitrogen and oxygen atoms in total. The lowest BCUT2D eigenvalue weighted by Gasteiger charge is -2.11. The van der Waals surface area contributed by atoms with E-state index in [0.717, 1.165) is 6.07 Å². The summed E-state index contributed by atoms with van der Waals surface area (Å²) >= 11 is 6.03. The second kappa shape index (κ2) is 4.80. The third-order valence-corrected chi connectivity index (χ3v) is 2.89. The zero-order valence-electron chi connectivity index (χ0n) is 8.63. The van der Waals surface area contributed by atoms with Gasteiger partial charge in [0, 0.05) is 11.6 Å². The van der Waals surface area contributed by atoms with E-state index in [4.69, 9.17) is 11.6 Å². The van der Waals surface area contributed by atoms with Crippen LogP contribution in [0.4, 0.5) is 13.2 Å². The highest BCUT2D eigenvalue weighted by molar-refractivity contribution is 6.22. The maximum atomic E-state index is 13.5. The largest absolute Gasteiger partial charge is 0.207 e. The normalized spacial score (nSPS) is 12.5. The zero-order valence-corrected chi connectivity index (χ0v) is 9.39. The predicted molar refractivity (Wildman–Crippen MR) is 60.5 cm³/mol. The lowest BCUT2D eigenvalue weighted by Crippen LogP contribution is -2.00. The molecule has 4 heteroatoms. The standard InChI is InChI=1S/C13H8ClF3/c14-13(8-4-2-1-3-5-8)9-6-11(16)12(17)7-10(9)15/h1-7,13H. The van der Waals surface area contributed by atoms with E-state index in [2.05, 4.69) is 0 Å². The minimum Gasteiger partial charge on any atom is -0.207 e. The van der Waals surface area contributed by atoms with E-state index in [-0.39, 0.29) is 5.56 Å². The molecule has 0 fully saturated rings. The molecule has 1 atom stereocenters. The van der Waals surface area contributed by atoms with Crippen molar-refractivity contribution >= 4 is 11.6 Å². The summed E-state index contributed by atoms with van der Waals surface area (Å²) in [5, 5.41) is -0.841. The lowest BCUT2D eigenvalue weighted by molar-refractivity contribution is 0.490. The molecule has 0 bridgehead atoms. The summed E-state index contributed by atoms with van der Waals surface area (Å²) in [6.45, 7) is 0. The van der Waals surface area contributed by atoms with Gasteiger partial charge in [-0.25, -0.2) is 13.2 Å². The van der Waals surface area contributed by atoms with Crippen molar-refractivity contribution in [2.45, 2.75) is 5.38 Å². The van der Waals surface area contributed by atoms with Gasteiger partial charge in [-0.05, 0) is 11.6 Å². The van der Waals surface area contributed by atoms with Crippen molar-refractivity contribution in [3.8, 4) is 0 Å². The first-order chi connectivity index (χ1) is 8.09. The highest BCUT2D eigenvalue weighted by Crippen LogP contribution is 2.31. The molecule has 0 spiro atoms. The van der Waals surface area contributed by atoms with Gasteiger partial charge in [0.15, 0.2) is 11.6 Å². The molecule has 0 amide bonds. The van der Waals surface area contributed by atoms with Gasteiger partial charge >= 0.3 is 0 Å². The van der Waals surface area contributed by atoms with Crippen molar-refractivity contribution in [2.24, 2.45) is 0 Å². The molecule has 0 aliphatic carbocycles. The molecule has 2 aromatic rings. The molecule has 2 aromatic carbocycles. The third kappa shape index (κ3) is 2.44. The van der Waals surface area contributed by atoms with Crippen LogP contribution in [0.1, 0.15) is 16.5 Å². The fourth-order valence-corrected chi connectivity index (χ4v) is 1.85. The van der Waals surface area contributed by atoms with Crippen LogP contribution >= 0.6 is 11.6 Å². The summed E-state index contributed by atoms with van der Waals surface area (Å²) in [4.78, 5) is 0. The zero-order chi connectivity index (χ0) is 12.4. The van der Waals surface area contributed by atoms with Crippen LogP contribution in [0.2, 0.25) is 0 Å². The Balaban J connectivity index is 2.44. The van der Waals surface area contributed by atoms with Crippen LogP contribution in [0.25, 0.3) is 0 Å². The summed E-state index contributed by atoms with van der Waals surface area (Å²) in [6, 6.07) is 9.94. The molecule has 0 heterocycles. The third-order valence-electron chi connectivity index (χ3n) is 2.40. The molecular formula is C13H8ClF3. The van der Waals surface area contributed by atoms with Gasteiger partial charge < -0.3 is 0 Å². The Morgan fingerprint density at radius 3 is 2.06 bits per heavy atom. The Morgan fingerprint density at radius 2 is 1.41 bits per heavy atom. The van der Waals surface area contributed by atoms with E-state index in [0.29, 0.717) is 11.6 Å². The molecule has 17 heavy (non-hydrogen) atoms. The SMILES string of the molecule is Fc1cc(F)c(C(Cl)c2ccccc2)cc1F. The molecule has 0 saturated heterocycles. The van der Waals surface area contributed by atoms with Crippen LogP contribution < -0.4 is 0 Å². The van der Waals surface area contributed by atoms with Gasteiger partial charge in [-0.15, -0.1) is 11.6 Å². The number of rotatable bonds is 2. The van der Waals surface area contributed by atoms with E-state index in [1.165, 1.54) is 0 Å². The average molecular weight is 257 g/mol. The van der Waals surface area contributed by atoms with Gasteiger partial charge in [0.1, 0.15) is 5.82 Å². The van der Waals surface area contributed by atoms with Crippen molar-refractivity contribution < 1.29 is 13.2 Å². The summed E-state index contributed by atoms with van der Waals surface area (Å²) in [6.07, 6.45) is 0. The number of benzene rings is 2. The van der Waals surface area contributed by atoms with Gasteiger partial charge in [-0.3, -0.25) is 0 Å². The van der Waals surface area contributed by atoms with Crippen LogP contribution in [-0.4, -0.2) is 0 Å². The molecule has 0 radical (unpaired) electrons. The first-order valence-electron chi connectivity index (χ1n) is 4.93. The molecule has 0 saturated carbocycles. The maximum Gasteiger partial charge on any atom is 0.161 e. The first-order valence-corrected chi connectivity index (χ1v) is 5.36. The Kier molecular flexibility index (Phi) is 3.38. The van der Waals surface area contributed by atoms with Gasteiger partial charge in [0.2, 0.25) is 0 Å². The number of hydrogen-bond acceptors (Lipinski definition) is 0. The number of hydrogen-bond donors (Lipinski definition) is 0. The second-order valence-electron chi connectivity index (χ2n) is 3.56. The predicted octanol–water partition coefficient (Wildman–Crippen LogP) is 4.43. The Hall–Kier alpha value is -1.48. The topological polar surface area (TPSA) is 0 Å². The Labute approximate surface area is 102 Å². The van der Waals surface area contributed by atoms with Crippen LogP contribution in [0.5, 0.6) is 0 Å². The van der Waals surface area contributed by atoms with Crippen LogP contribution in [0, 0.1) is 17.5 Å². The van der Waals surface area contributed by atoms with E-state index >= 15 is 0 Å². The van der Waals surface area contributed by atoms with Crippen LogP contribution in [0.15, 0.2) is 42.5 Å². The smallest absolute Gasteiger partial charge is 0.161 e. The highest BCUT2D eigenvalue weighted by atomic mass is 35.5. The van der Waals surface area contributed by atoms with Gasteiger partial charge in [-0.2, -0.15) is 0 Å². The van der Waals surface area contributed by atoms with Crippen molar-refractivity contribution in [1.29, 1.82) is 0 Å². The van der Waals surface area contributed by atoms with Crippen molar-refractivity contribution in [1.82, 2.24) is 0 Å². The minimum absolute atomic E-state index is 0.0724. The maximum absolute atomic E-state index is 13.5. The van der Waals surface area contributed by atoms with Crippen molar-refractivity contribution in [3.05, 3.63) is 71.0 Å². The first kappa shape index (κ1) is 12.0. The Morgan fingerprint density at radius 1 is 0.824 bits per heavy atom. The van der Waals surface area contributed by atoms with Gasteiger partial charge in [0.05, 0.1) is 5.38 Å². The Bertz CT molecular complexity index is 526. The number of halogens is 4. The molecule has 0 N–H and O–H groups in total. The fourth-order valence-electron chi connectivity index (χ4n) is 1.53. The average Bonchev–Trinajstić information content (AvgIpc) is 2.34. The molecule has 88 valence electrons. The van der Waals surface area contributed by atoms with Crippen molar-refractivity contribution in [2.75, 3.05) is 0 Å². The van der Waals surface area contributed by atoms with Crippen LogP contribution in [0.3, 0.4) is 0 Å². The summed E-state index contributed by atoms with van der Waals surface area (Å²) < 4.78 is 39.3. The van der Waals surface area contributed by atoms with Crippen molar-refractivity contribution in [3.63, 3.8) is 0 Å². The van der Waals surface area contributed by atoms with E-state index in [1.807, 2.05) is 0 Å². The lowest BCUT2D eigenvalue weighted by atomic mass is 10.0. The van der Waals surface area contributed by atoms with E-state index in [1.54, 1.807) is 30.3 Å². The molecular weight excluding hydrogens is 249 g/mol. The highest BCUT2D eigenvalue weighted by Gasteiger charge is 2.18. The molecule has 1 unspecified atom stereocenters. The van der Waals surface area contributed by atoms with E-state index in [9.17, 15) is 13.2 Å². The van der Waals surface area contributed by atoms with E-state index < -0.39 is 22.8 Å². The number of alkyl halides is 1. The molecule has 0 aliphatic rings. The van der Waals surface area contributed by atoms with Gasteiger partial charge in [-0.1, -0.05) is 30.3 Å². The second-order valence-corrected chi connectivity index (χ2v) is 4.00. The fraction of sp³-hybridized carbons (Fsp3) is 0.0769. The summed E-state index contributed by atoms with van der Waals surface area (Å²) in [5.74, 6) is -3.18. The summed E-state index contributed by atoms with van der Waals surface area (Å²) in [7, 11) is 0. The molecule has 0 aliphatic heterocycles. The molecule has 0 aromatic heterocycles. The van der Waals surface area contributed by atoms with Crippen LogP contribution in [-0.2, 0) is 0 Å². The molecule has 2 rings (SSSR count). The minimum atomic E-state index is -1.22. The monoisotopic (exact) mass is 256 g/mol. The quantitative estimate of drug-likeness (QED) is 0.551. The summed E-state index contributed by atoms with van der Waals surface area (Å²) in [5.41, 5.74) is 0.552. The van der Waals surface area contributed by atoms with Gasteiger partial charge in [0.25, 0.3) is 0 Å².